The Morgan fingerprint density at radius 3 is 2.31 bits per heavy atom. The molecule has 0 fully saturated rings. The van der Waals surface area contributed by atoms with Crippen molar-refractivity contribution in [2.24, 2.45) is 0 Å². The molecule has 0 bridgehead atoms. The van der Waals surface area contributed by atoms with Crippen molar-refractivity contribution in [1.29, 1.82) is 0 Å². The van der Waals surface area contributed by atoms with Gasteiger partial charge < -0.3 is 5.11 Å². The highest BCUT2D eigenvalue weighted by atomic mass is 16.3. The Bertz CT molecular complexity index is 369. The van der Waals surface area contributed by atoms with E-state index >= 15 is 0 Å². The van der Waals surface area contributed by atoms with Crippen molar-refractivity contribution in [1.82, 2.24) is 0 Å². The van der Waals surface area contributed by atoms with Crippen LogP contribution in [-0.4, -0.2) is 5.11 Å². The van der Waals surface area contributed by atoms with Crippen molar-refractivity contribution in [2.45, 2.75) is 57.5 Å². The second-order valence-electron chi connectivity index (χ2n) is 5.45. The highest BCUT2D eigenvalue weighted by molar-refractivity contribution is 5.43. The van der Waals surface area contributed by atoms with Gasteiger partial charge in [0.15, 0.2) is 0 Å². The zero-order valence-electron chi connectivity index (χ0n) is 10.00. The maximum Gasteiger partial charge on any atom is 0.0793 e. The van der Waals surface area contributed by atoms with Crippen molar-refractivity contribution in [3.05, 3.63) is 34.4 Å². The predicted molar refractivity (Wildman–Crippen MR) is 65.7 cm³/mol. The van der Waals surface area contributed by atoms with E-state index in [0.717, 1.165) is 12.8 Å². The molecule has 16 heavy (non-hydrogen) atoms. The van der Waals surface area contributed by atoms with Gasteiger partial charge in [-0.15, -0.1) is 0 Å². The van der Waals surface area contributed by atoms with Gasteiger partial charge in [-0.2, -0.15) is 0 Å². The van der Waals surface area contributed by atoms with E-state index in [-0.39, 0.29) is 6.10 Å². The van der Waals surface area contributed by atoms with Gasteiger partial charge in [0.1, 0.15) is 0 Å². The molecular weight excluding hydrogens is 196 g/mol. The lowest BCUT2D eigenvalue weighted by atomic mass is 9.78. The summed E-state index contributed by atoms with van der Waals surface area (Å²) in [6.07, 6.45) is 6.97. The molecule has 1 heteroatoms. The van der Waals surface area contributed by atoms with Crippen molar-refractivity contribution >= 4 is 0 Å². The molecule has 1 N–H and O–H groups in total. The van der Waals surface area contributed by atoms with E-state index in [4.69, 9.17) is 0 Å². The van der Waals surface area contributed by atoms with Crippen LogP contribution in [0.5, 0.6) is 0 Å². The summed E-state index contributed by atoms with van der Waals surface area (Å²) in [5, 5.41) is 10.1. The highest BCUT2D eigenvalue weighted by Gasteiger charge is 2.25. The van der Waals surface area contributed by atoms with Crippen molar-refractivity contribution in [3.63, 3.8) is 0 Å². The molecule has 0 heterocycles. The predicted octanol–water partition coefficient (Wildman–Crippen LogP) is 3.50. The van der Waals surface area contributed by atoms with Crippen LogP contribution in [0.15, 0.2) is 12.1 Å². The maximum atomic E-state index is 10.1. The van der Waals surface area contributed by atoms with E-state index in [1.54, 1.807) is 5.56 Å². The average Bonchev–Trinajstić information content (AvgIpc) is 2.32. The van der Waals surface area contributed by atoms with Crippen LogP contribution in [0.2, 0.25) is 0 Å². The second-order valence-corrected chi connectivity index (χ2v) is 5.45. The Morgan fingerprint density at radius 1 is 1.00 bits per heavy atom. The number of aliphatic hydroxyl groups is 1. The molecule has 1 nitrogen and oxygen atoms in total. The molecular formula is C15H20O. The minimum absolute atomic E-state index is 0.210. The van der Waals surface area contributed by atoms with E-state index in [1.165, 1.54) is 42.4 Å². The molecule has 0 saturated carbocycles. The molecule has 1 aromatic rings. The van der Waals surface area contributed by atoms with Crippen LogP contribution in [-0.2, 0) is 12.8 Å². The molecule has 1 aromatic carbocycles. The summed E-state index contributed by atoms with van der Waals surface area (Å²) in [5.74, 6) is 0.630. The Balaban J connectivity index is 2.11. The molecule has 0 saturated heterocycles. The topological polar surface area (TPSA) is 20.2 Å². The van der Waals surface area contributed by atoms with Crippen LogP contribution < -0.4 is 0 Å². The molecule has 0 radical (unpaired) electrons. The Labute approximate surface area is 97.5 Å². The average molecular weight is 216 g/mol. The maximum absolute atomic E-state index is 10.1. The number of fused-ring (bicyclic) bond motifs is 2. The number of benzene rings is 1. The van der Waals surface area contributed by atoms with Crippen molar-refractivity contribution in [2.75, 3.05) is 0 Å². The summed E-state index contributed by atoms with van der Waals surface area (Å²) in [6, 6.07) is 4.68. The third kappa shape index (κ3) is 1.58. The van der Waals surface area contributed by atoms with Crippen molar-refractivity contribution < 1.29 is 5.11 Å². The van der Waals surface area contributed by atoms with E-state index in [0.29, 0.717) is 5.92 Å². The molecule has 3 rings (SSSR count). The molecule has 1 unspecified atom stereocenters. The highest BCUT2D eigenvalue weighted by Crippen LogP contribution is 2.39. The van der Waals surface area contributed by atoms with Gasteiger partial charge in [-0.05, 0) is 66.7 Å². The minimum atomic E-state index is -0.210. The monoisotopic (exact) mass is 216 g/mol. The summed E-state index contributed by atoms with van der Waals surface area (Å²) in [4.78, 5) is 0. The van der Waals surface area contributed by atoms with Gasteiger partial charge in [0.25, 0.3) is 0 Å². The van der Waals surface area contributed by atoms with Gasteiger partial charge in [-0.25, -0.2) is 0 Å². The first-order chi connectivity index (χ1) is 7.75. The number of aryl methyl sites for hydroxylation is 2. The number of aliphatic hydroxyl groups excluding tert-OH is 1. The normalized spacial score (nSPS) is 28.4. The fourth-order valence-electron chi connectivity index (χ4n) is 3.26. The SMILES string of the molecule is CC1CC[C@H](O)c2cc3c(cc21)CCCC3. The number of rotatable bonds is 0. The standard InChI is InChI=1S/C15H20O/c1-10-6-7-15(16)14-9-12-5-3-2-4-11(12)8-13(10)14/h8-10,15-16H,2-7H2,1H3/t10?,15-/m0/s1. The third-order valence-electron chi connectivity index (χ3n) is 4.31. The molecule has 0 aromatic heterocycles. The number of hydrogen-bond donors (Lipinski definition) is 1. The summed E-state index contributed by atoms with van der Waals surface area (Å²) in [5.41, 5.74) is 5.68. The molecule has 86 valence electrons. The Morgan fingerprint density at radius 2 is 1.62 bits per heavy atom. The van der Waals surface area contributed by atoms with Crippen molar-refractivity contribution in [3.8, 4) is 0 Å². The molecule has 2 atom stereocenters. The lowest BCUT2D eigenvalue weighted by molar-refractivity contribution is 0.151. The Kier molecular flexibility index (Phi) is 2.51. The van der Waals surface area contributed by atoms with Crippen LogP contribution in [0.25, 0.3) is 0 Å². The van der Waals surface area contributed by atoms with Gasteiger partial charge in [0.05, 0.1) is 6.10 Å². The Hall–Kier alpha value is -0.820. The summed E-state index contributed by atoms with van der Waals surface area (Å²) in [7, 11) is 0. The zero-order valence-corrected chi connectivity index (χ0v) is 10.00. The smallest absolute Gasteiger partial charge is 0.0793 e. The fourth-order valence-corrected chi connectivity index (χ4v) is 3.26. The third-order valence-corrected chi connectivity index (χ3v) is 4.31. The van der Waals surface area contributed by atoms with Crippen LogP contribution >= 0.6 is 0 Å². The van der Waals surface area contributed by atoms with E-state index in [9.17, 15) is 5.11 Å². The lowest BCUT2D eigenvalue weighted by Crippen LogP contribution is -2.15. The summed E-state index contributed by atoms with van der Waals surface area (Å²) in [6.45, 7) is 2.29. The van der Waals surface area contributed by atoms with E-state index in [2.05, 4.69) is 19.1 Å². The van der Waals surface area contributed by atoms with Crippen LogP contribution in [0, 0.1) is 0 Å². The van der Waals surface area contributed by atoms with Crippen LogP contribution in [0.1, 0.15) is 66.9 Å². The molecule has 2 aliphatic rings. The minimum Gasteiger partial charge on any atom is -0.388 e. The van der Waals surface area contributed by atoms with Gasteiger partial charge >= 0.3 is 0 Å². The molecule has 0 amide bonds. The van der Waals surface area contributed by atoms with Gasteiger partial charge in [0.2, 0.25) is 0 Å². The zero-order chi connectivity index (χ0) is 11.1. The molecule has 0 aliphatic heterocycles. The van der Waals surface area contributed by atoms with Crippen LogP contribution in [0.3, 0.4) is 0 Å². The van der Waals surface area contributed by atoms with Crippen LogP contribution in [0.4, 0.5) is 0 Å². The van der Waals surface area contributed by atoms with Gasteiger partial charge in [-0.1, -0.05) is 19.1 Å². The quantitative estimate of drug-likeness (QED) is 0.703. The van der Waals surface area contributed by atoms with E-state index < -0.39 is 0 Å². The molecule has 2 aliphatic carbocycles. The van der Waals surface area contributed by atoms with Gasteiger partial charge in [-0.3, -0.25) is 0 Å². The summed E-state index contributed by atoms with van der Waals surface area (Å²) >= 11 is 0. The fraction of sp³-hybridized carbons (Fsp3) is 0.600. The summed E-state index contributed by atoms with van der Waals surface area (Å²) < 4.78 is 0. The first kappa shape index (κ1) is 10.3. The van der Waals surface area contributed by atoms with E-state index in [1.807, 2.05) is 0 Å². The van der Waals surface area contributed by atoms with Gasteiger partial charge in [0, 0.05) is 0 Å². The first-order valence-electron chi connectivity index (χ1n) is 6.59. The number of hydrogen-bond acceptors (Lipinski definition) is 1. The first-order valence-corrected chi connectivity index (χ1v) is 6.59. The largest absolute Gasteiger partial charge is 0.388 e. The lowest BCUT2D eigenvalue weighted by Gasteiger charge is -2.29. The molecule has 0 spiro atoms. The second kappa shape index (κ2) is 3.89.